The van der Waals surface area contributed by atoms with Gasteiger partial charge in [0, 0.05) is 6.07 Å². The molecule has 0 aromatic carbocycles. The van der Waals surface area contributed by atoms with Gasteiger partial charge in [-0.3, -0.25) is 24.4 Å². The van der Waals surface area contributed by atoms with Crippen molar-refractivity contribution in [3.8, 4) is 0 Å². The van der Waals surface area contributed by atoms with Gasteiger partial charge in [0.25, 0.3) is 11.5 Å². The summed E-state index contributed by atoms with van der Waals surface area (Å²) in [4.78, 5) is 52.5. The molecule has 2 aromatic heterocycles. The molecule has 0 spiro atoms. The summed E-state index contributed by atoms with van der Waals surface area (Å²) in [6, 6.07) is 3.86. The predicted octanol–water partition coefficient (Wildman–Crippen LogP) is -0.662. The Kier molecular flexibility index (Phi) is 3.93. The zero-order chi connectivity index (χ0) is 15.4. The molecule has 0 atom stereocenters. The summed E-state index contributed by atoms with van der Waals surface area (Å²) in [6.45, 7) is 0. The molecule has 0 saturated heterocycles. The number of carbonyl (C=O) groups is 2. The van der Waals surface area contributed by atoms with Crippen LogP contribution in [0.1, 0.15) is 16.2 Å². The lowest BCUT2D eigenvalue weighted by atomic mass is 10.2. The van der Waals surface area contributed by atoms with Crippen LogP contribution in [-0.4, -0.2) is 31.9 Å². The van der Waals surface area contributed by atoms with E-state index in [2.05, 4.69) is 15.3 Å². The summed E-state index contributed by atoms with van der Waals surface area (Å²) in [6.07, 6.45) is 1.05. The van der Waals surface area contributed by atoms with Crippen molar-refractivity contribution in [2.45, 2.75) is 6.42 Å². The van der Waals surface area contributed by atoms with Crippen LogP contribution in [0.3, 0.4) is 0 Å². The molecule has 0 bridgehead atoms. The second-order valence-electron chi connectivity index (χ2n) is 4.06. The van der Waals surface area contributed by atoms with Crippen LogP contribution >= 0.6 is 0 Å². The maximum atomic E-state index is 11.8. The van der Waals surface area contributed by atoms with Gasteiger partial charge < -0.3 is 15.4 Å². The van der Waals surface area contributed by atoms with Gasteiger partial charge >= 0.3 is 11.7 Å². The molecule has 21 heavy (non-hydrogen) atoms. The number of carboxylic acids is 1. The van der Waals surface area contributed by atoms with E-state index in [1.807, 2.05) is 4.98 Å². The van der Waals surface area contributed by atoms with Crippen LogP contribution in [-0.2, 0) is 11.2 Å². The lowest BCUT2D eigenvalue weighted by Gasteiger charge is -2.05. The molecule has 4 N–H and O–H groups in total. The van der Waals surface area contributed by atoms with E-state index in [4.69, 9.17) is 5.11 Å². The van der Waals surface area contributed by atoms with E-state index in [1.165, 1.54) is 18.3 Å². The van der Waals surface area contributed by atoms with Crippen LogP contribution in [0, 0.1) is 0 Å². The van der Waals surface area contributed by atoms with Crippen LogP contribution in [0.4, 0.5) is 5.69 Å². The lowest BCUT2D eigenvalue weighted by molar-refractivity contribution is -0.136. The molecule has 0 saturated carbocycles. The molecule has 0 aliphatic heterocycles. The number of nitrogens with zero attached hydrogens (tertiary/aromatic N) is 1. The molecule has 9 heteroatoms. The number of carbonyl (C=O) groups excluding carboxylic acids is 1. The van der Waals surface area contributed by atoms with Crippen molar-refractivity contribution in [3.05, 3.63) is 56.6 Å². The SMILES string of the molecule is O=C(O)Cc1ccc(NC(=O)c2cc(=O)[nH]c(=O)[nH]2)cn1. The van der Waals surface area contributed by atoms with Gasteiger partial charge in [-0.15, -0.1) is 0 Å². The summed E-state index contributed by atoms with van der Waals surface area (Å²) in [5.74, 6) is -1.70. The minimum Gasteiger partial charge on any atom is -0.481 e. The lowest BCUT2D eigenvalue weighted by Crippen LogP contribution is -2.27. The van der Waals surface area contributed by atoms with Gasteiger partial charge in [0.2, 0.25) is 0 Å². The Balaban J connectivity index is 2.14. The molecule has 2 heterocycles. The van der Waals surface area contributed by atoms with Crippen molar-refractivity contribution in [2.75, 3.05) is 5.32 Å². The van der Waals surface area contributed by atoms with Crippen molar-refractivity contribution in [1.82, 2.24) is 15.0 Å². The van der Waals surface area contributed by atoms with Crippen molar-refractivity contribution in [3.63, 3.8) is 0 Å². The van der Waals surface area contributed by atoms with Gasteiger partial charge in [0.1, 0.15) is 5.69 Å². The van der Waals surface area contributed by atoms with Crippen LogP contribution in [0.25, 0.3) is 0 Å². The van der Waals surface area contributed by atoms with E-state index in [0.29, 0.717) is 11.4 Å². The largest absolute Gasteiger partial charge is 0.481 e. The molecule has 2 aromatic rings. The van der Waals surface area contributed by atoms with Crippen molar-refractivity contribution >= 4 is 17.6 Å². The highest BCUT2D eigenvalue weighted by atomic mass is 16.4. The first-order valence-electron chi connectivity index (χ1n) is 5.76. The maximum absolute atomic E-state index is 11.8. The summed E-state index contributed by atoms with van der Waals surface area (Å²) < 4.78 is 0. The molecule has 0 unspecified atom stereocenters. The number of aromatic amines is 2. The number of pyridine rings is 1. The van der Waals surface area contributed by atoms with Crippen LogP contribution in [0.2, 0.25) is 0 Å². The fraction of sp³-hybridized carbons (Fsp3) is 0.0833. The molecule has 2 rings (SSSR count). The van der Waals surface area contributed by atoms with Crippen molar-refractivity contribution in [1.29, 1.82) is 0 Å². The van der Waals surface area contributed by atoms with Gasteiger partial charge in [-0.25, -0.2) is 4.79 Å². The number of hydrogen-bond acceptors (Lipinski definition) is 5. The number of carboxylic acid groups (broad SMARTS) is 1. The summed E-state index contributed by atoms with van der Waals surface area (Å²) in [5, 5.41) is 11.0. The molecule has 0 aliphatic rings. The average Bonchev–Trinajstić information content (AvgIpc) is 2.39. The number of aliphatic carboxylic acids is 1. The molecule has 9 nitrogen and oxygen atoms in total. The Morgan fingerprint density at radius 1 is 1.24 bits per heavy atom. The normalized spacial score (nSPS) is 10.1. The standard InChI is InChI=1S/C12H10N4O5/c17-9-4-8(15-12(21)16-9)11(20)14-7-2-1-6(13-5-7)3-10(18)19/h1-2,4-5H,3H2,(H,14,20)(H,18,19)(H2,15,16,17,21). The fourth-order valence-corrected chi connectivity index (χ4v) is 1.55. The monoisotopic (exact) mass is 290 g/mol. The second kappa shape index (κ2) is 5.82. The average molecular weight is 290 g/mol. The Hall–Kier alpha value is -3.23. The van der Waals surface area contributed by atoms with E-state index in [1.54, 1.807) is 0 Å². The quantitative estimate of drug-likeness (QED) is 0.588. The van der Waals surface area contributed by atoms with Crippen molar-refractivity contribution in [2.24, 2.45) is 0 Å². The molecular formula is C12H10N4O5. The number of H-pyrrole nitrogens is 2. The third kappa shape index (κ3) is 3.86. The molecule has 1 amide bonds. The van der Waals surface area contributed by atoms with Gasteiger partial charge in [0.05, 0.1) is 24.0 Å². The maximum Gasteiger partial charge on any atom is 0.326 e. The molecule has 0 fully saturated rings. The Labute approximate surface area is 116 Å². The summed E-state index contributed by atoms with van der Waals surface area (Å²) in [7, 11) is 0. The Bertz CT molecular complexity index is 762. The fourth-order valence-electron chi connectivity index (χ4n) is 1.55. The zero-order valence-corrected chi connectivity index (χ0v) is 10.5. The molecule has 0 radical (unpaired) electrons. The van der Waals surface area contributed by atoms with E-state index in [-0.39, 0.29) is 12.1 Å². The minimum absolute atomic E-state index is 0.196. The van der Waals surface area contributed by atoms with Gasteiger partial charge in [-0.05, 0) is 12.1 Å². The Morgan fingerprint density at radius 3 is 2.57 bits per heavy atom. The number of anilines is 1. The van der Waals surface area contributed by atoms with Gasteiger partial charge in [0.15, 0.2) is 0 Å². The smallest absolute Gasteiger partial charge is 0.326 e. The van der Waals surface area contributed by atoms with Crippen LogP contribution in [0.15, 0.2) is 34.0 Å². The third-order valence-corrected chi connectivity index (χ3v) is 2.42. The molecule has 108 valence electrons. The number of hydrogen-bond donors (Lipinski definition) is 4. The molecular weight excluding hydrogens is 280 g/mol. The van der Waals surface area contributed by atoms with E-state index >= 15 is 0 Å². The first-order valence-corrected chi connectivity index (χ1v) is 5.76. The first-order chi connectivity index (χ1) is 9.94. The zero-order valence-electron chi connectivity index (χ0n) is 10.5. The van der Waals surface area contributed by atoms with Crippen molar-refractivity contribution < 1.29 is 14.7 Å². The second-order valence-corrected chi connectivity index (χ2v) is 4.06. The highest BCUT2D eigenvalue weighted by Gasteiger charge is 2.09. The summed E-state index contributed by atoms with van der Waals surface area (Å²) in [5.41, 5.74) is -1.04. The molecule has 0 aliphatic carbocycles. The number of rotatable bonds is 4. The number of amides is 1. The first kappa shape index (κ1) is 14.2. The van der Waals surface area contributed by atoms with Crippen LogP contribution in [0.5, 0.6) is 0 Å². The van der Waals surface area contributed by atoms with E-state index in [0.717, 1.165) is 6.07 Å². The third-order valence-electron chi connectivity index (χ3n) is 2.42. The topological polar surface area (TPSA) is 145 Å². The van der Waals surface area contributed by atoms with E-state index < -0.39 is 23.1 Å². The Morgan fingerprint density at radius 2 is 2.00 bits per heavy atom. The van der Waals surface area contributed by atoms with Gasteiger partial charge in [-0.1, -0.05) is 0 Å². The predicted molar refractivity (Wildman–Crippen MR) is 71.2 cm³/mol. The number of aromatic nitrogens is 3. The van der Waals surface area contributed by atoms with Crippen LogP contribution < -0.4 is 16.6 Å². The van der Waals surface area contributed by atoms with E-state index in [9.17, 15) is 19.2 Å². The number of nitrogens with one attached hydrogen (secondary N) is 3. The van der Waals surface area contributed by atoms with Gasteiger partial charge in [-0.2, -0.15) is 0 Å². The minimum atomic E-state index is -1.01. The highest BCUT2D eigenvalue weighted by molar-refractivity contribution is 6.02. The highest BCUT2D eigenvalue weighted by Crippen LogP contribution is 2.07. The summed E-state index contributed by atoms with van der Waals surface area (Å²) >= 11 is 0.